The molecular weight excluding hydrogens is 308 g/mol. The van der Waals surface area contributed by atoms with E-state index in [1.54, 1.807) is 11.3 Å². The molecule has 1 atom stereocenters. The Morgan fingerprint density at radius 2 is 2.24 bits per heavy atom. The molecule has 1 aromatic heterocycles. The van der Waals surface area contributed by atoms with Gasteiger partial charge in [-0.25, -0.2) is 8.42 Å². The largest absolute Gasteiger partial charge is 0.335 e. The molecule has 2 fully saturated rings. The first-order valence-corrected chi connectivity index (χ1v) is 10.0. The molecule has 0 aromatic carbocycles. The molecule has 0 radical (unpaired) electrons. The molecular formula is C14H20N2O3S2. The molecule has 7 heteroatoms. The summed E-state index contributed by atoms with van der Waals surface area (Å²) in [5.41, 5.74) is 1.16. The standard InChI is InChI=1S/C14H20N2O3S2/c17-14(7-12-10-21(18,19)6-4-15-12)16(13-1-2-13)8-11-3-5-20-9-11/h3,5,9,12-13,15H,1-2,4,6-8,10H2. The van der Waals surface area contributed by atoms with E-state index in [0.29, 0.717) is 19.1 Å². The van der Waals surface area contributed by atoms with Crippen LogP contribution >= 0.6 is 11.3 Å². The number of amides is 1. The third-order valence-electron chi connectivity index (χ3n) is 3.96. The summed E-state index contributed by atoms with van der Waals surface area (Å²) in [5.74, 6) is 0.326. The van der Waals surface area contributed by atoms with Crippen LogP contribution in [0.1, 0.15) is 24.8 Å². The zero-order valence-electron chi connectivity index (χ0n) is 11.8. The first-order valence-electron chi connectivity index (χ1n) is 7.28. The van der Waals surface area contributed by atoms with Crippen molar-refractivity contribution in [3.05, 3.63) is 22.4 Å². The number of sulfone groups is 1. The Kier molecular flexibility index (Phi) is 4.33. The molecule has 1 aliphatic carbocycles. The Hall–Kier alpha value is -0.920. The number of hydrogen-bond acceptors (Lipinski definition) is 5. The molecule has 1 saturated carbocycles. The minimum absolute atomic E-state index is 0.0679. The van der Waals surface area contributed by atoms with E-state index in [-0.39, 0.29) is 29.9 Å². The summed E-state index contributed by atoms with van der Waals surface area (Å²) in [7, 11) is -2.99. The van der Waals surface area contributed by atoms with Crippen molar-refractivity contribution in [1.82, 2.24) is 10.2 Å². The smallest absolute Gasteiger partial charge is 0.224 e. The normalized spacial score (nSPS) is 24.7. The Morgan fingerprint density at radius 1 is 1.43 bits per heavy atom. The lowest BCUT2D eigenvalue weighted by Crippen LogP contribution is -2.48. The van der Waals surface area contributed by atoms with Crippen molar-refractivity contribution in [2.24, 2.45) is 0 Å². The molecule has 3 rings (SSSR count). The third kappa shape index (κ3) is 4.05. The van der Waals surface area contributed by atoms with Crippen molar-refractivity contribution in [3.8, 4) is 0 Å². The van der Waals surface area contributed by atoms with Crippen LogP contribution in [0.15, 0.2) is 16.8 Å². The Labute approximate surface area is 129 Å². The van der Waals surface area contributed by atoms with Crippen LogP contribution in [0.2, 0.25) is 0 Å². The number of nitrogens with one attached hydrogen (secondary N) is 1. The maximum Gasteiger partial charge on any atom is 0.224 e. The number of carbonyl (C=O) groups is 1. The van der Waals surface area contributed by atoms with Crippen LogP contribution in [-0.2, 0) is 21.2 Å². The molecule has 1 aliphatic heterocycles. The van der Waals surface area contributed by atoms with Gasteiger partial charge in [0.25, 0.3) is 0 Å². The fourth-order valence-electron chi connectivity index (χ4n) is 2.71. The lowest BCUT2D eigenvalue weighted by molar-refractivity contribution is -0.132. The molecule has 2 aliphatic rings. The van der Waals surface area contributed by atoms with Gasteiger partial charge in [-0.15, -0.1) is 0 Å². The Balaban J connectivity index is 1.62. The zero-order chi connectivity index (χ0) is 14.9. The van der Waals surface area contributed by atoms with E-state index in [4.69, 9.17) is 0 Å². The van der Waals surface area contributed by atoms with Gasteiger partial charge in [-0.2, -0.15) is 11.3 Å². The van der Waals surface area contributed by atoms with E-state index >= 15 is 0 Å². The van der Waals surface area contributed by atoms with E-state index in [9.17, 15) is 13.2 Å². The van der Waals surface area contributed by atoms with Gasteiger partial charge in [-0.05, 0) is 35.2 Å². The minimum Gasteiger partial charge on any atom is -0.335 e. The maximum atomic E-state index is 12.5. The molecule has 1 N–H and O–H groups in total. The topological polar surface area (TPSA) is 66.5 Å². The summed E-state index contributed by atoms with van der Waals surface area (Å²) in [6.45, 7) is 1.10. The van der Waals surface area contributed by atoms with Crippen LogP contribution in [-0.4, -0.2) is 49.4 Å². The molecule has 1 aromatic rings. The van der Waals surface area contributed by atoms with Crippen molar-refractivity contribution >= 4 is 27.1 Å². The van der Waals surface area contributed by atoms with Crippen LogP contribution in [0, 0.1) is 0 Å². The van der Waals surface area contributed by atoms with Crippen LogP contribution in [0.4, 0.5) is 0 Å². The highest BCUT2D eigenvalue weighted by Gasteiger charge is 2.34. The van der Waals surface area contributed by atoms with Crippen molar-refractivity contribution < 1.29 is 13.2 Å². The van der Waals surface area contributed by atoms with Gasteiger partial charge in [0.1, 0.15) is 0 Å². The van der Waals surface area contributed by atoms with Crippen molar-refractivity contribution in [2.75, 3.05) is 18.1 Å². The van der Waals surface area contributed by atoms with Crippen LogP contribution in [0.5, 0.6) is 0 Å². The molecule has 1 saturated heterocycles. The lowest BCUT2D eigenvalue weighted by Gasteiger charge is -2.27. The minimum atomic E-state index is -2.99. The summed E-state index contributed by atoms with van der Waals surface area (Å²) in [5, 5.41) is 7.23. The van der Waals surface area contributed by atoms with E-state index in [1.807, 2.05) is 16.3 Å². The second-order valence-corrected chi connectivity index (χ2v) is 8.86. The van der Waals surface area contributed by atoms with Crippen LogP contribution in [0.3, 0.4) is 0 Å². The summed E-state index contributed by atoms with van der Waals surface area (Å²) < 4.78 is 23.3. The Bertz CT molecular complexity index is 594. The fourth-order valence-corrected chi connectivity index (χ4v) is 4.82. The lowest BCUT2D eigenvalue weighted by atomic mass is 10.2. The second-order valence-electron chi connectivity index (χ2n) is 5.85. The molecule has 2 heterocycles. The van der Waals surface area contributed by atoms with Crippen LogP contribution < -0.4 is 5.32 Å². The van der Waals surface area contributed by atoms with Gasteiger partial charge in [-0.1, -0.05) is 0 Å². The van der Waals surface area contributed by atoms with Gasteiger partial charge in [0.05, 0.1) is 11.5 Å². The van der Waals surface area contributed by atoms with Gasteiger partial charge in [-0.3, -0.25) is 4.79 Å². The highest BCUT2D eigenvalue weighted by Crippen LogP contribution is 2.29. The highest BCUT2D eigenvalue weighted by atomic mass is 32.2. The second kappa shape index (κ2) is 6.06. The van der Waals surface area contributed by atoms with E-state index in [1.165, 1.54) is 0 Å². The predicted octanol–water partition coefficient (Wildman–Crippen LogP) is 1.02. The number of nitrogens with zero attached hydrogens (tertiary/aromatic N) is 1. The van der Waals surface area contributed by atoms with Crippen molar-refractivity contribution in [3.63, 3.8) is 0 Å². The third-order valence-corrected chi connectivity index (χ3v) is 6.43. The number of thiophene rings is 1. The molecule has 1 amide bonds. The van der Waals surface area contributed by atoms with Crippen molar-refractivity contribution in [1.29, 1.82) is 0 Å². The average molecular weight is 328 g/mol. The van der Waals surface area contributed by atoms with Crippen LogP contribution in [0.25, 0.3) is 0 Å². The van der Waals surface area contributed by atoms with Gasteiger partial charge in [0.15, 0.2) is 9.84 Å². The zero-order valence-corrected chi connectivity index (χ0v) is 13.5. The first kappa shape index (κ1) is 15.0. The molecule has 116 valence electrons. The molecule has 0 bridgehead atoms. The van der Waals surface area contributed by atoms with Gasteiger partial charge < -0.3 is 10.2 Å². The SMILES string of the molecule is O=C(CC1CS(=O)(=O)CCN1)N(Cc1ccsc1)C1CC1. The van der Waals surface area contributed by atoms with Gasteiger partial charge in [0, 0.05) is 31.6 Å². The number of carbonyl (C=O) groups excluding carboxylic acids is 1. The summed E-state index contributed by atoms with van der Waals surface area (Å²) >= 11 is 1.63. The molecule has 5 nitrogen and oxygen atoms in total. The number of rotatable bonds is 5. The first-order chi connectivity index (χ1) is 10.0. The summed E-state index contributed by atoms with van der Waals surface area (Å²) in [6.07, 6.45) is 2.40. The maximum absolute atomic E-state index is 12.5. The Morgan fingerprint density at radius 3 is 2.86 bits per heavy atom. The molecule has 0 spiro atoms. The molecule has 1 unspecified atom stereocenters. The van der Waals surface area contributed by atoms with Gasteiger partial charge >= 0.3 is 0 Å². The van der Waals surface area contributed by atoms with E-state index < -0.39 is 9.84 Å². The fraction of sp³-hybridized carbons (Fsp3) is 0.643. The van der Waals surface area contributed by atoms with E-state index in [2.05, 4.69) is 10.7 Å². The summed E-state index contributed by atoms with van der Waals surface area (Å²) in [4.78, 5) is 14.4. The van der Waals surface area contributed by atoms with Crippen molar-refractivity contribution in [2.45, 2.75) is 37.9 Å². The quantitative estimate of drug-likeness (QED) is 0.876. The molecule has 21 heavy (non-hydrogen) atoms. The highest BCUT2D eigenvalue weighted by molar-refractivity contribution is 7.91. The van der Waals surface area contributed by atoms with E-state index in [0.717, 1.165) is 18.4 Å². The summed E-state index contributed by atoms with van der Waals surface area (Å²) in [6, 6.07) is 2.15. The monoisotopic (exact) mass is 328 g/mol. The predicted molar refractivity (Wildman–Crippen MR) is 83.0 cm³/mol. The van der Waals surface area contributed by atoms with Gasteiger partial charge in [0.2, 0.25) is 5.91 Å². The number of hydrogen-bond donors (Lipinski definition) is 1. The average Bonchev–Trinajstić information content (AvgIpc) is 3.11.